The first-order valence-electron chi connectivity index (χ1n) is 5.41. The topological polar surface area (TPSA) is 53.3 Å². The lowest BCUT2D eigenvalue weighted by atomic mass is 10.2. The van der Waals surface area contributed by atoms with Crippen LogP contribution in [0.2, 0.25) is 0 Å². The molecular weight excluding hydrogens is 192 g/mol. The van der Waals surface area contributed by atoms with Gasteiger partial charge in [-0.3, -0.25) is 4.90 Å². The van der Waals surface area contributed by atoms with Crippen LogP contribution in [-0.4, -0.2) is 52.0 Å². The molecule has 0 spiro atoms. The molecule has 0 amide bonds. The van der Waals surface area contributed by atoms with Crippen LogP contribution in [-0.2, 0) is 6.54 Å². The van der Waals surface area contributed by atoms with Crippen molar-refractivity contribution in [2.24, 2.45) is 0 Å². The molecule has 1 aliphatic heterocycles. The van der Waals surface area contributed by atoms with Crippen LogP contribution >= 0.6 is 0 Å². The van der Waals surface area contributed by atoms with E-state index < -0.39 is 0 Å². The fourth-order valence-electron chi connectivity index (χ4n) is 1.71. The molecule has 1 fully saturated rings. The molecule has 5 heteroatoms. The number of rotatable bonds is 6. The van der Waals surface area contributed by atoms with E-state index in [1.54, 1.807) is 6.20 Å². The number of nitrogens with one attached hydrogen (secondary N) is 1. The lowest BCUT2D eigenvalue weighted by Crippen LogP contribution is -2.53. The highest BCUT2D eigenvalue weighted by Crippen LogP contribution is 2.04. The fraction of sp³-hybridized carbons (Fsp3) is 0.700. The second-order valence-corrected chi connectivity index (χ2v) is 4.00. The summed E-state index contributed by atoms with van der Waals surface area (Å²) in [5.74, 6) is 0. The Morgan fingerprint density at radius 1 is 1.47 bits per heavy atom. The van der Waals surface area contributed by atoms with Gasteiger partial charge in [-0.05, 0) is 13.0 Å². The number of aliphatic hydroxyl groups is 1. The van der Waals surface area contributed by atoms with Crippen molar-refractivity contribution < 1.29 is 5.11 Å². The third-order valence-corrected chi connectivity index (χ3v) is 2.60. The molecule has 0 radical (unpaired) electrons. The zero-order valence-electron chi connectivity index (χ0n) is 8.84. The highest BCUT2D eigenvalue weighted by Gasteiger charge is 2.22. The largest absolute Gasteiger partial charge is 0.390 e. The molecule has 0 unspecified atom stereocenters. The van der Waals surface area contributed by atoms with Crippen LogP contribution in [0.1, 0.15) is 6.42 Å². The lowest BCUT2D eigenvalue weighted by Gasteiger charge is -2.35. The second kappa shape index (κ2) is 5.25. The Morgan fingerprint density at radius 3 is 3.00 bits per heavy atom. The van der Waals surface area contributed by atoms with Crippen LogP contribution in [0.25, 0.3) is 0 Å². The smallest absolute Gasteiger partial charge is 0.0945 e. The van der Waals surface area contributed by atoms with Crippen LogP contribution in [0.4, 0.5) is 0 Å². The maximum atomic E-state index is 9.07. The summed E-state index contributed by atoms with van der Waals surface area (Å²) in [6.45, 7) is 4.53. The van der Waals surface area contributed by atoms with Gasteiger partial charge in [0, 0.05) is 38.7 Å². The first kappa shape index (κ1) is 10.6. The molecule has 0 bridgehead atoms. The van der Waals surface area contributed by atoms with E-state index >= 15 is 0 Å². The van der Waals surface area contributed by atoms with Gasteiger partial charge in [0.05, 0.1) is 12.4 Å². The molecule has 2 rings (SSSR count). The van der Waals surface area contributed by atoms with Crippen molar-refractivity contribution in [3.63, 3.8) is 0 Å². The zero-order chi connectivity index (χ0) is 10.5. The predicted molar refractivity (Wildman–Crippen MR) is 57.3 cm³/mol. The minimum absolute atomic E-state index is 0.0993. The van der Waals surface area contributed by atoms with Crippen LogP contribution in [0.3, 0.4) is 0 Å². The Morgan fingerprint density at radius 2 is 2.33 bits per heavy atom. The maximum absolute atomic E-state index is 9.07. The zero-order valence-corrected chi connectivity index (χ0v) is 8.84. The summed E-state index contributed by atoms with van der Waals surface area (Å²) in [4.78, 5) is 6.18. The van der Waals surface area contributed by atoms with Gasteiger partial charge < -0.3 is 15.0 Å². The van der Waals surface area contributed by atoms with Crippen molar-refractivity contribution >= 4 is 0 Å². The van der Waals surface area contributed by atoms with Gasteiger partial charge >= 0.3 is 0 Å². The third kappa shape index (κ3) is 3.30. The van der Waals surface area contributed by atoms with E-state index in [0.717, 1.165) is 39.3 Å². The normalized spacial score (nSPS) is 17.9. The Hall–Kier alpha value is -0.910. The number of hydrogen-bond donors (Lipinski definition) is 2. The van der Waals surface area contributed by atoms with Crippen LogP contribution in [0.5, 0.6) is 0 Å². The van der Waals surface area contributed by atoms with Crippen molar-refractivity contribution in [1.82, 2.24) is 19.8 Å². The molecule has 1 aromatic heterocycles. The number of aliphatic hydroxyl groups excluding tert-OH is 1. The van der Waals surface area contributed by atoms with E-state index in [1.807, 2.05) is 12.5 Å². The summed E-state index contributed by atoms with van der Waals surface area (Å²) in [6, 6.07) is 0. The maximum Gasteiger partial charge on any atom is 0.0945 e. The standard InChI is InChI=1S/C10H18N4O/c15-10-6-14(7-10)9-11-2-1-4-13-5-3-12-8-13/h3,5,8,10-11,15H,1-2,4,6-7,9H2. The lowest BCUT2D eigenvalue weighted by molar-refractivity contribution is -0.00230. The van der Waals surface area contributed by atoms with Crippen LogP contribution in [0.15, 0.2) is 18.7 Å². The van der Waals surface area contributed by atoms with Crippen molar-refractivity contribution in [1.29, 1.82) is 0 Å². The molecule has 1 saturated heterocycles. The summed E-state index contributed by atoms with van der Waals surface area (Å²) in [6.07, 6.45) is 6.62. The highest BCUT2D eigenvalue weighted by molar-refractivity contribution is 4.77. The van der Waals surface area contributed by atoms with Gasteiger partial charge in [-0.2, -0.15) is 0 Å². The molecule has 84 valence electrons. The average Bonchev–Trinajstić information content (AvgIpc) is 2.67. The molecule has 5 nitrogen and oxygen atoms in total. The number of likely N-dealkylation sites (tertiary alicyclic amines) is 1. The van der Waals surface area contributed by atoms with Gasteiger partial charge in [0.2, 0.25) is 0 Å². The molecule has 15 heavy (non-hydrogen) atoms. The van der Waals surface area contributed by atoms with Crippen LogP contribution < -0.4 is 5.32 Å². The van der Waals surface area contributed by atoms with E-state index in [-0.39, 0.29) is 6.10 Å². The molecule has 2 heterocycles. The van der Waals surface area contributed by atoms with Gasteiger partial charge in [-0.15, -0.1) is 0 Å². The molecule has 1 aromatic rings. The third-order valence-electron chi connectivity index (χ3n) is 2.60. The van der Waals surface area contributed by atoms with E-state index in [2.05, 4.69) is 19.8 Å². The monoisotopic (exact) mass is 210 g/mol. The molecule has 1 aliphatic rings. The van der Waals surface area contributed by atoms with Crippen molar-refractivity contribution in [2.75, 3.05) is 26.3 Å². The van der Waals surface area contributed by atoms with Gasteiger partial charge in [-0.1, -0.05) is 0 Å². The number of β-amino-alcohol motifs (C(OH)–C–C–N with tert-alkyl or cyclic N) is 1. The van der Waals surface area contributed by atoms with E-state index in [4.69, 9.17) is 5.11 Å². The van der Waals surface area contributed by atoms with Crippen molar-refractivity contribution in [3.8, 4) is 0 Å². The molecule has 0 aliphatic carbocycles. The number of aromatic nitrogens is 2. The Bertz CT molecular complexity index is 269. The van der Waals surface area contributed by atoms with Crippen LogP contribution in [0, 0.1) is 0 Å². The number of aryl methyl sites for hydroxylation is 1. The molecular formula is C10H18N4O. The number of nitrogens with zero attached hydrogens (tertiary/aromatic N) is 3. The van der Waals surface area contributed by atoms with Gasteiger partial charge in [0.25, 0.3) is 0 Å². The number of hydrogen-bond acceptors (Lipinski definition) is 4. The Balaban J connectivity index is 1.46. The first-order chi connectivity index (χ1) is 7.34. The highest BCUT2D eigenvalue weighted by atomic mass is 16.3. The van der Waals surface area contributed by atoms with E-state index in [9.17, 15) is 0 Å². The van der Waals surface area contributed by atoms with Gasteiger partial charge in [0.1, 0.15) is 0 Å². The second-order valence-electron chi connectivity index (χ2n) is 4.00. The minimum Gasteiger partial charge on any atom is -0.390 e. The summed E-state index contributed by atoms with van der Waals surface area (Å²) >= 11 is 0. The predicted octanol–water partition coefficient (Wildman–Crippen LogP) is -0.503. The summed E-state index contributed by atoms with van der Waals surface area (Å²) in [7, 11) is 0. The molecule has 0 aromatic carbocycles. The van der Waals surface area contributed by atoms with Crippen molar-refractivity contribution in [3.05, 3.63) is 18.7 Å². The Labute approximate surface area is 89.7 Å². The van der Waals surface area contributed by atoms with E-state index in [0.29, 0.717) is 0 Å². The van der Waals surface area contributed by atoms with Crippen molar-refractivity contribution in [2.45, 2.75) is 19.1 Å². The average molecular weight is 210 g/mol. The first-order valence-corrected chi connectivity index (χ1v) is 5.41. The van der Waals surface area contributed by atoms with Gasteiger partial charge in [0.15, 0.2) is 0 Å². The van der Waals surface area contributed by atoms with E-state index in [1.165, 1.54) is 0 Å². The molecule has 0 atom stereocenters. The Kier molecular flexibility index (Phi) is 3.71. The van der Waals surface area contributed by atoms with Gasteiger partial charge in [-0.25, -0.2) is 4.98 Å². The SMILES string of the molecule is OC1CN(CNCCCn2ccnc2)C1. The quantitative estimate of drug-likeness (QED) is 0.621. The summed E-state index contributed by atoms with van der Waals surface area (Å²) in [5.41, 5.74) is 0. The molecule has 2 N–H and O–H groups in total. The summed E-state index contributed by atoms with van der Waals surface area (Å²) < 4.78 is 2.08. The minimum atomic E-state index is -0.0993. The molecule has 0 saturated carbocycles. The fourth-order valence-corrected chi connectivity index (χ4v) is 1.71. The summed E-state index contributed by atoms with van der Waals surface area (Å²) in [5, 5.41) is 12.4. The number of imidazole rings is 1.